The van der Waals surface area contributed by atoms with Crippen LogP contribution in [-0.2, 0) is 10.1 Å². The van der Waals surface area contributed by atoms with Crippen LogP contribution in [0.4, 0.5) is 0 Å². The average molecular weight is 261 g/mol. The van der Waals surface area contributed by atoms with Gasteiger partial charge in [0.1, 0.15) is 5.75 Å². The topological polar surface area (TPSA) is 74.6 Å². The second kappa shape index (κ2) is 11.0. The van der Waals surface area contributed by atoms with Crippen molar-refractivity contribution in [2.24, 2.45) is 0 Å². The summed E-state index contributed by atoms with van der Waals surface area (Å²) in [7, 11) is -4.02. The number of unbranched alkanes of at least 4 members (excludes halogenated alkanes) is 5. The van der Waals surface area contributed by atoms with E-state index in [1.807, 2.05) is 0 Å². The third-order valence-electron chi connectivity index (χ3n) is 2.29. The maximum atomic E-state index is 10.4. The zero-order valence-corrected chi connectivity index (χ0v) is 13.2. The van der Waals surface area contributed by atoms with E-state index in [9.17, 15) is 13.5 Å². The Morgan fingerprint density at radius 1 is 1.06 bits per heavy atom. The molecule has 6 heteroatoms. The minimum absolute atomic E-state index is 0. The van der Waals surface area contributed by atoms with Crippen LogP contribution in [0.2, 0.25) is 0 Å². The molecule has 1 radical (unpaired) electrons. The molecule has 1 atom stereocenters. The van der Waals surface area contributed by atoms with Gasteiger partial charge in [0.25, 0.3) is 10.1 Å². The first-order chi connectivity index (χ1) is 6.95. The minimum atomic E-state index is -4.02. The van der Waals surface area contributed by atoms with Gasteiger partial charge in [-0.3, -0.25) is 4.55 Å². The summed E-state index contributed by atoms with van der Waals surface area (Å²) in [6.45, 7) is 2.15. The molecule has 1 unspecified atom stereocenters. The predicted molar refractivity (Wildman–Crippen MR) is 66.2 cm³/mol. The van der Waals surface area contributed by atoms with E-state index in [2.05, 4.69) is 6.92 Å². The second-order valence-corrected chi connectivity index (χ2v) is 5.46. The van der Waals surface area contributed by atoms with Gasteiger partial charge in [-0.15, -0.1) is 0 Å². The van der Waals surface area contributed by atoms with Crippen molar-refractivity contribution >= 4 is 39.7 Å². The van der Waals surface area contributed by atoms with Gasteiger partial charge in [0, 0.05) is 29.6 Å². The second-order valence-electron chi connectivity index (χ2n) is 3.96. The molecule has 0 bridgehead atoms. The normalized spacial score (nSPS) is 13.2. The Labute approximate surface area is 121 Å². The van der Waals surface area contributed by atoms with Gasteiger partial charge in [-0.2, -0.15) is 8.42 Å². The molecule has 0 aromatic rings. The molecule has 0 amide bonds. The van der Waals surface area contributed by atoms with Crippen LogP contribution in [0.5, 0.6) is 0 Å². The molecule has 0 saturated carbocycles. The summed E-state index contributed by atoms with van der Waals surface area (Å²) in [5.74, 6) is -0.540. The maximum absolute atomic E-state index is 10.4. The zero-order chi connectivity index (χ0) is 11.7. The summed E-state index contributed by atoms with van der Waals surface area (Å²) in [6, 6.07) is 0. The molecule has 0 rings (SSSR count). The molecule has 0 fully saturated rings. The first-order valence-electron chi connectivity index (χ1n) is 5.59. The van der Waals surface area contributed by atoms with E-state index in [-0.39, 0.29) is 29.6 Å². The van der Waals surface area contributed by atoms with Crippen molar-refractivity contribution in [1.29, 1.82) is 0 Å². The van der Waals surface area contributed by atoms with Crippen molar-refractivity contribution < 1.29 is 18.1 Å². The van der Waals surface area contributed by atoms with Gasteiger partial charge in [-0.05, 0) is 6.42 Å². The Kier molecular flexibility index (Phi) is 13.2. The fourth-order valence-electron chi connectivity index (χ4n) is 1.49. The van der Waals surface area contributed by atoms with Gasteiger partial charge in [-0.25, -0.2) is 0 Å². The molecule has 0 heterocycles. The van der Waals surface area contributed by atoms with Crippen LogP contribution in [-0.4, -0.2) is 59.5 Å². The molecule has 2 N–H and O–H groups in total. The van der Waals surface area contributed by atoms with Gasteiger partial charge in [0.15, 0.2) is 0 Å². The summed E-state index contributed by atoms with van der Waals surface area (Å²) >= 11 is 0. The molecule has 0 spiro atoms. The first kappa shape index (κ1) is 19.2. The maximum Gasteiger partial charge on any atom is 0.267 e. The Bertz CT molecular complexity index is 241. The summed E-state index contributed by atoms with van der Waals surface area (Å²) in [5.41, 5.74) is 0. The first-order valence-corrected chi connectivity index (χ1v) is 7.20. The van der Waals surface area contributed by atoms with Gasteiger partial charge < -0.3 is 5.11 Å². The Morgan fingerprint density at radius 3 is 2.06 bits per heavy atom. The van der Waals surface area contributed by atoms with Crippen LogP contribution >= 0.6 is 0 Å². The standard InChI is InChI=1S/C10H22O4S.Na/c1-2-3-4-5-6-7-8-10(11)9-15(12,13)14;/h10-11H,2-9H2,1H3,(H,12,13,14);. The number of aliphatic hydroxyl groups is 1. The Balaban J connectivity index is 0. The smallest absolute Gasteiger partial charge is 0.267 e. The Morgan fingerprint density at radius 2 is 1.56 bits per heavy atom. The molecule has 4 nitrogen and oxygen atoms in total. The van der Waals surface area contributed by atoms with Crippen LogP contribution in [0.3, 0.4) is 0 Å². The van der Waals surface area contributed by atoms with Gasteiger partial charge in [-0.1, -0.05) is 45.4 Å². The van der Waals surface area contributed by atoms with E-state index in [4.69, 9.17) is 4.55 Å². The van der Waals surface area contributed by atoms with E-state index in [0.29, 0.717) is 6.42 Å². The van der Waals surface area contributed by atoms with Gasteiger partial charge in [0.05, 0.1) is 6.10 Å². The third kappa shape index (κ3) is 14.9. The predicted octanol–water partition coefficient (Wildman–Crippen LogP) is 1.60. The minimum Gasteiger partial charge on any atom is -0.392 e. The van der Waals surface area contributed by atoms with Crippen molar-refractivity contribution in [3.63, 3.8) is 0 Å². The summed E-state index contributed by atoms with van der Waals surface area (Å²) in [5, 5.41) is 9.25. The number of aliphatic hydroxyl groups excluding tert-OH is 1. The SMILES string of the molecule is CCCCCCCCC(O)CS(=O)(=O)O.[Na]. The van der Waals surface area contributed by atoms with Crippen LogP contribution < -0.4 is 0 Å². The number of rotatable bonds is 9. The van der Waals surface area contributed by atoms with Gasteiger partial charge in [0.2, 0.25) is 0 Å². The summed E-state index contributed by atoms with van der Waals surface area (Å²) in [4.78, 5) is 0. The van der Waals surface area contributed by atoms with Crippen LogP contribution in [0.25, 0.3) is 0 Å². The summed E-state index contributed by atoms with van der Waals surface area (Å²) in [6.07, 6.45) is 6.12. The van der Waals surface area contributed by atoms with E-state index < -0.39 is 22.0 Å². The molecule has 16 heavy (non-hydrogen) atoms. The number of hydrogen-bond acceptors (Lipinski definition) is 3. The van der Waals surface area contributed by atoms with Crippen LogP contribution in [0.15, 0.2) is 0 Å². The molecule has 0 aliphatic heterocycles. The quantitative estimate of drug-likeness (QED) is 0.375. The van der Waals surface area contributed by atoms with E-state index in [1.165, 1.54) is 19.3 Å². The zero-order valence-electron chi connectivity index (χ0n) is 10.4. The largest absolute Gasteiger partial charge is 0.392 e. The summed E-state index contributed by atoms with van der Waals surface area (Å²) < 4.78 is 29.3. The average Bonchev–Trinajstić information content (AvgIpc) is 2.08. The van der Waals surface area contributed by atoms with Crippen LogP contribution in [0.1, 0.15) is 51.9 Å². The van der Waals surface area contributed by atoms with E-state index >= 15 is 0 Å². The van der Waals surface area contributed by atoms with Crippen LogP contribution in [0, 0.1) is 0 Å². The van der Waals surface area contributed by atoms with E-state index in [0.717, 1.165) is 19.3 Å². The molecule has 0 aliphatic carbocycles. The molecule has 0 aromatic carbocycles. The van der Waals surface area contributed by atoms with Gasteiger partial charge >= 0.3 is 0 Å². The molecule has 0 aromatic heterocycles. The molecule has 93 valence electrons. The Hall–Kier alpha value is 0.870. The monoisotopic (exact) mass is 261 g/mol. The van der Waals surface area contributed by atoms with Crippen molar-refractivity contribution in [3.05, 3.63) is 0 Å². The van der Waals surface area contributed by atoms with E-state index in [1.54, 1.807) is 0 Å². The molecular formula is C10H22NaO4S. The molecular weight excluding hydrogens is 239 g/mol. The van der Waals surface area contributed by atoms with Crippen molar-refractivity contribution in [1.82, 2.24) is 0 Å². The fraction of sp³-hybridized carbons (Fsp3) is 1.00. The number of hydrogen-bond donors (Lipinski definition) is 2. The van der Waals surface area contributed by atoms with Crippen molar-refractivity contribution in [2.75, 3.05) is 5.75 Å². The van der Waals surface area contributed by atoms with Crippen molar-refractivity contribution in [3.8, 4) is 0 Å². The van der Waals surface area contributed by atoms with Crippen molar-refractivity contribution in [2.45, 2.75) is 58.0 Å². The third-order valence-corrected chi connectivity index (χ3v) is 3.10. The molecule has 0 saturated heterocycles. The molecule has 0 aliphatic rings. The fourth-order valence-corrected chi connectivity index (χ4v) is 2.14.